The Morgan fingerprint density at radius 2 is 1.77 bits per heavy atom. The van der Waals surface area contributed by atoms with Crippen molar-refractivity contribution in [3.63, 3.8) is 0 Å². The number of rotatable bonds is 10. The molecule has 2 aliphatic heterocycles. The maximum absolute atomic E-state index is 13.0. The highest BCUT2D eigenvalue weighted by Crippen LogP contribution is 2.38. The molecule has 0 aliphatic carbocycles. The molecule has 43 heavy (non-hydrogen) atoms. The highest BCUT2D eigenvalue weighted by atomic mass is 32.2. The van der Waals surface area contributed by atoms with Gasteiger partial charge in [0.2, 0.25) is 5.75 Å². The first-order valence-corrected chi connectivity index (χ1v) is 16.8. The predicted octanol–water partition coefficient (Wildman–Crippen LogP) is 4.59. The van der Waals surface area contributed by atoms with Gasteiger partial charge in [-0.3, -0.25) is 10.00 Å². The van der Waals surface area contributed by atoms with Crippen molar-refractivity contribution in [3.8, 4) is 5.75 Å². The number of piperazine rings is 1. The summed E-state index contributed by atoms with van der Waals surface area (Å²) in [6, 6.07) is 20.3. The lowest BCUT2D eigenvalue weighted by Crippen LogP contribution is -2.53. The fourth-order valence-corrected chi connectivity index (χ4v) is 7.45. The van der Waals surface area contributed by atoms with Gasteiger partial charge in [-0.15, -0.1) is 0 Å². The zero-order valence-corrected chi connectivity index (χ0v) is 26.2. The van der Waals surface area contributed by atoms with Crippen LogP contribution in [0.4, 0.5) is 17.5 Å². The summed E-state index contributed by atoms with van der Waals surface area (Å²) < 4.78 is 18.9. The van der Waals surface area contributed by atoms with Crippen LogP contribution in [0.2, 0.25) is 0 Å². The number of H-pyrrole nitrogens is 1. The molecule has 6 rings (SSSR count). The van der Waals surface area contributed by atoms with Gasteiger partial charge in [0.15, 0.2) is 27.5 Å². The van der Waals surface area contributed by atoms with E-state index in [1.54, 1.807) is 7.11 Å². The van der Waals surface area contributed by atoms with Crippen molar-refractivity contribution in [2.24, 2.45) is 0 Å². The number of piperidine rings is 1. The quantitative estimate of drug-likeness (QED) is 0.172. The second-order valence-electron chi connectivity index (χ2n) is 10.8. The number of ether oxygens (including phenoxy) is 1. The van der Waals surface area contributed by atoms with Crippen molar-refractivity contribution in [1.82, 2.24) is 30.4 Å². The fraction of sp³-hybridized carbons (Fsp3) is 0.387. The summed E-state index contributed by atoms with van der Waals surface area (Å²) in [4.78, 5) is 16.6. The molecule has 2 aromatic carbocycles. The van der Waals surface area contributed by atoms with Crippen LogP contribution in [0.25, 0.3) is 0 Å². The minimum Gasteiger partial charge on any atom is -0.611 e. The number of hydrogen-bond donors (Lipinski definition) is 3. The van der Waals surface area contributed by atoms with E-state index in [0.29, 0.717) is 34.3 Å². The number of nitrogens with zero attached hydrogens (tertiary/aromatic N) is 5. The lowest BCUT2D eigenvalue weighted by atomic mass is 10.0. The molecule has 2 aromatic heterocycles. The molecule has 0 radical (unpaired) electrons. The summed E-state index contributed by atoms with van der Waals surface area (Å²) in [6.45, 7) is 7.86. The maximum atomic E-state index is 13.0. The molecule has 10 nitrogen and oxygen atoms in total. The fourth-order valence-electron chi connectivity index (χ4n) is 5.60. The minimum absolute atomic E-state index is 0.491. The first-order chi connectivity index (χ1) is 21.1. The molecule has 2 aliphatic rings. The topological polar surface area (TPSA) is 117 Å². The third-order valence-corrected chi connectivity index (χ3v) is 10.1. The van der Waals surface area contributed by atoms with Gasteiger partial charge in [-0.1, -0.05) is 30.3 Å². The summed E-state index contributed by atoms with van der Waals surface area (Å²) in [5.74, 6) is 3.11. The van der Waals surface area contributed by atoms with E-state index in [1.165, 1.54) is 24.6 Å². The monoisotopic (exact) mass is 618 g/mol. The van der Waals surface area contributed by atoms with Gasteiger partial charge in [-0.05, 0) is 80.1 Å². The lowest BCUT2D eigenvalue weighted by Gasteiger charge is -2.41. The van der Waals surface area contributed by atoms with Crippen LogP contribution in [-0.4, -0.2) is 82.0 Å². The Morgan fingerprint density at radius 3 is 2.44 bits per heavy atom. The van der Waals surface area contributed by atoms with Gasteiger partial charge in [0.05, 0.1) is 7.11 Å². The number of hydrogen-bond acceptors (Lipinski definition) is 10. The zero-order chi connectivity index (χ0) is 29.6. The average Bonchev–Trinajstić information content (AvgIpc) is 3.46. The first kappa shape index (κ1) is 29.8. The van der Waals surface area contributed by atoms with Crippen LogP contribution in [0.3, 0.4) is 0 Å². The van der Waals surface area contributed by atoms with Crippen LogP contribution in [0, 0.1) is 6.92 Å². The van der Waals surface area contributed by atoms with E-state index in [9.17, 15) is 4.55 Å². The van der Waals surface area contributed by atoms with Gasteiger partial charge in [0, 0.05) is 54.4 Å². The summed E-state index contributed by atoms with van der Waals surface area (Å²) >= 11 is 0.352. The van der Waals surface area contributed by atoms with E-state index in [2.05, 4.69) is 30.6 Å². The molecule has 3 N–H and O–H groups in total. The highest BCUT2D eigenvalue weighted by molar-refractivity contribution is 7.99. The molecule has 12 heteroatoms. The van der Waals surface area contributed by atoms with Crippen molar-refractivity contribution in [2.75, 3.05) is 56.6 Å². The van der Waals surface area contributed by atoms with E-state index in [0.717, 1.165) is 66.1 Å². The van der Waals surface area contributed by atoms with Crippen molar-refractivity contribution in [3.05, 3.63) is 71.9 Å². The van der Waals surface area contributed by atoms with Gasteiger partial charge in [-0.25, -0.2) is 9.97 Å². The number of aromatic nitrogens is 4. The molecular formula is C31H38N8O2S2. The third-order valence-electron chi connectivity index (χ3n) is 7.86. The summed E-state index contributed by atoms with van der Waals surface area (Å²) in [6.07, 6.45) is 2.40. The molecule has 2 saturated heterocycles. The van der Waals surface area contributed by atoms with Gasteiger partial charge in [0.25, 0.3) is 0 Å². The van der Waals surface area contributed by atoms with E-state index >= 15 is 0 Å². The van der Waals surface area contributed by atoms with Gasteiger partial charge in [-0.2, -0.15) is 5.10 Å². The molecule has 1 unspecified atom stereocenters. The Kier molecular flexibility index (Phi) is 9.69. The van der Waals surface area contributed by atoms with Crippen molar-refractivity contribution < 1.29 is 9.29 Å². The van der Waals surface area contributed by atoms with Gasteiger partial charge in [0.1, 0.15) is 5.75 Å². The van der Waals surface area contributed by atoms with Crippen molar-refractivity contribution in [2.45, 2.75) is 46.5 Å². The number of aryl methyl sites for hydroxylation is 1. The molecule has 0 bridgehead atoms. The highest BCUT2D eigenvalue weighted by Gasteiger charge is 2.29. The summed E-state index contributed by atoms with van der Waals surface area (Å²) in [5, 5.41) is 14.7. The maximum Gasteiger partial charge on any atom is 0.204 e. The largest absolute Gasteiger partial charge is 0.611 e. The lowest BCUT2D eigenvalue weighted by molar-refractivity contribution is 0.153. The van der Waals surface area contributed by atoms with Crippen LogP contribution in [0.1, 0.15) is 24.1 Å². The van der Waals surface area contributed by atoms with Crippen LogP contribution in [0.15, 0.2) is 75.6 Å². The standard InChI is InChI=1S/C31H38N8O2S2/c1-22-20-27(37-36-22)33-29-28(41-2)30(39-18-16-38(17-19-39)24-12-14-32-15-13-24)35-31(34-29)42-25-8-10-26(11-9-25)43(40)21-23-6-4-3-5-7-23/h3-11,20,24,32H,12-19,21H2,1-2H3,(H2,33,34,35,36,37). The molecule has 226 valence electrons. The van der Waals surface area contributed by atoms with Crippen LogP contribution < -0.4 is 20.3 Å². The van der Waals surface area contributed by atoms with Crippen LogP contribution in [-0.2, 0) is 16.9 Å². The zero-order valence-electron chi connectivity index (χ0n) is 24.6. The first-order valence-electron chi connectivity index (χ1n) is 14.7. The Balaban J connectivity index is 1.22. The van der Waals surface area contributed by atoms with E-state index in [-0.39, 0.29) is 0 Å². The molecule has 0 amide bonds. The molecule has 1 atom stereocenters. The molecule has 4 heterocycles. The summed E-state index contributed by atoms with van der Waals surface area (Å²) in [5.41, 5.74) is 2.01. The molecule has 0 saturated carbocycles. The second-order valence-corrected chi connectivity index (χ2v) is 13.3. The number of aromatic amines is 1. The Labute approximate surface area is 260 Å². The number of nitrogens with one attached hydrogen (secondary N) is 3. The Morgan fingerprint density at radius 1 is 1.02 bits per heavy atom. The average molecular weight is 619 g/mol. The normalized spacial score (nSPS) is 17.1. The number of methoxy groups -OCH3 is 1. The Bertz CT molecular complexity index is 1470. The van der Waals surface area contributed by atoms with Gasteiger partial charge >= 0.3 is 0 Å². The van der Waals surface area contributed by atoms with E-state index < -0.39 is 11.2 Å². The predicted molar refractivity (Wildman–Crippen MR) is 172 cm³/mol. The van der Waals surface area contributed by atoms with Crippen molar-refractivity contribution >= 4 is 40.4 Å². The van der Waals surface area contributed by atoms with Crippen LogP contribution in [0.5, 0.6) is 5.75 Å². The van der Waals surface area contributed by atoms with E-state index in [1.807, 2.05) is 67.6 Å². The SMILES string of the molecule is COc1c(Nc2cc(C)[nH]n2)nc(Sc2ccc([S+]([O-])Cc3ccccc3)cc2)nc1N1CCN(C2CCNCC2)CC1. The van der Waals surface area contributed by atoms with Crippen molar-refractivity contribution in [1.29, 1.82) is 0 Å². The Hall–Kier alpha value is -3.29. The number of anilines is 3. The molecule has 2 fully saturated rings. The van der Waals surface area contributed by atoms with E-state index in [4.69, 9.17) is 14.7 Å². The second kappa shape index (κ2) is 14.0. The smallest absolute Gasteiger partial charge is 0.204 e. The molecular weight excluding hydrogens is 581 g/mol. The third kappa shape index (κ3) is 7.44. The molecule has 4 aromatic rings. The number of benzene rings is 2. The van der Waals surface area contributed by atoms with Crippen LogP contribution >= 0.6 is 11.8 Å². The summed E-state index contributed by atoms with van der Waals surface area (Å²) in [7, 11) is 1.66. The minimum atomic E-state index is -1.12. The molecule has 0 spiro atoms. The van der Waals surface area contributed by atoms with Gasteiger partial charge < -0.3 is 24.8 Å².